The number of aromatic nitrogens is 6. The minimum Gasteiger partial charge on any atom is -0.480 e. The van der Waals surface area contributed by atoms with Crippen LogP contribution in [0.2, 0.25) is 0 Å². The molecule has 11 heteroatoms. The van der Waals surface area contributed by atoms with E-state index in [4.69, 9.17) is 9.26 Å². The predicted molar refractivity (Wildman–Crippen MR) is 69.2 cm³/mol. The maximum absolute atomic E-state index is 12.3. The van der Waals surface area contributed by atoms with Gasteiger partial charge in [-0.15, -0.1) is 10.2 Å². The Labute approximate surface area is 126 Å². The molecule has 0 fully saturated rings. The van der Waals surface area contributed by atoms with Crippen LogP contribution in [0, 0.1) is 0 Å². The molecule has 0 saturated heterocycles. The molecule has 120 valence electrons. The van der Waals surface area contributed by atoms with Crippen LogP contribution in [-0.2, 0) is 6.54 Å². The Morgan fingerprint density at radius 2 is 2.00 bits per heavy atom. The Morgan fingerprint density at radius 1 is 1.17 bits per heavy atom. The summed E-state index contributed by atoms with van der Waals surface area (Å²) in [5.41, 5.74) is 0.463. The lowest BCUT2D eigenvalue weighted by Gasteiger charge is -2.04. The van der Waals surface area contributed by atoms with Gasteiger partial charge in [-0.1, -0.05) is 5.16 Å². The lowest BCUT2D eigenvalue weighted by molar-refractivity contribution is -0.142. The summed E-state index contributed by atoms with van der Waals surface area (Å²) in [6.45, 7) is -1.20. The van der Waals surface area contributed by atoms with Gasteiger partial charge in [0.25, 0.3) is 5.89 Å². The van der Waals surface area contributed by atoms with Crippen molar-refractivity contribution in [1.82, 2.24) is 30.1 Å². The molecule has 0 spiro atoms. The van der Waals surface area contributed by atoms with Gasteiger partial charge in [0.05, 0.1) is 7.11 Å². The van der Waals surface area contributed by atoms with Crippen LogP contribution in [0.1, 0.15) is 0 Å². The molecule has 3 rings (SSSR count). The number of hydrogen-bond acceptors (Lipinski definition) is 7. The monoisotopic (exact) mass is 326 g/mol. The number of halogens is 3. The molecule has 0 atom stereocenters. The first-order valence-corrected chi connectivity index (χ1v) is 6.27. The molecule has 0 aliphatic carbocycles. The summed E-state index contributed by atoms with van der Waals surface area (Å²) in [6.07, 6.45) is -3.18. The van der Waals surface area contributed by atoms with E-state index < -0.39 is 12.7 Å². The van der Waals surface area contributed by atoms with Crippen molar-refractivity contribution < 1.29 is 22.4 Å². The van der Waals surface area contributed by atoms with Crippen molar-refractivity contribution >= 4 is 0 Å². The summed E-state index contributed by atoms with van der Waals surface area (Å²) in [5, 5.41) is 15.1. The summed E-state index contributed by atoms with van der Waals surface area (Å²) in [6, 6.07) is 4.49. The fraction of sp³-hybridized carbons (Fsp3) is 0.250. The molecule has 3 heterocycles. The first-order valence-electron chi connectivity index (χ1n) is 6.27. The Kier molecular flexibility index (Phi) is 3.68. The second-order valence-electron chi connectivity index (χ2n) is 4.40. The summed E-state index contributed by atoms with van der Waals surface area (Å²) in [4.78, 5) is 4.04. The third-order valence-corrected chi connectivity index (χ3v) is 2.71. The van der Waals surface area contributed by atoms with Crippen molar-refractivity contribution in [2.24, 2.45) is 0 Å². The van der Waals surface area contributed by atoms with Crippen molar-refractivity contribution in [3.63, 3.8) is 0 Å². The van der Waals surface area contributed by atoms with E-state index in [1.807, 2.05) is 0 Å². The van der Waals surface area contributed by atoms with Gasteiger partial charge in [-0.05, 0) is 12.1 Å². The van der Waals surface area contributed by atoms with Gasteiger partial charge < -0.3 is 9.26 Å². The topological polar surface area (TPSA) is 91.8 Å². The average molecular weight is 326 g/mol. The molecule has 0 amide bonds. The smallest absolute Gasteiger partial charge is 0.408 e. The van der Waals surface area contributed by atoms with Crippen LogP contribution in [0.15, 0.2) is 28.9 Å². The number of rotatable bonds is 4. The zero-order valence-electron chi connectivity index (χ0n) is 11.7. The number of ether oxygens (including phenoxy) is 1. The highest BCUT2D eigenvalue weighted by atomic mass is 19.4. The lowest BCUT2D eigenvalue weighted by atomic mass is 10.3. The fourth-order valence-corrected chi connectivity index (χ4v) is 1.73. The number of alkyl halides is 3. The van der Waals surface area contributed by atoms with E-state index in [1.54, 1.807) is 12.1 Å². The van der Waals surface area contributed by atoms with E-state index in [1.165, 1.54) is 19.4 Å². The van der Waals surface area contributed by atoms with Gasteiger partial charge in [0, 0.05) is 12.3 Å². The first kappa shape index (κ1) is 14.9. The van der Waals surface area contributed by atoms with Gasteiger partial charge in [0.15, 0.2) is 5.69 Å². The lowest BCUT2D eigenvalue weighted by Crippen LogP contribution is -2.17. The largest absolute Gasteiger partial charge is 0.480 e. The van der Waals surface area contributed by atoms with Crippen LogP contribution in [0.25, 0.3) is 23.1 Å². The Morgan fingerprint density at radius 3 is 2.65 bits per heavy atom. The summed E-state index contributed by atoms with van der Waals surface area (Å²) < 4.78 is 47.5. The van der Waals surface area contributed by atoms with Crippen molar-refractivity contribution in [1.29, 1.82) is 0 Å². The summed E-state index contributed by atoms with van der Waals surface area (Å²) in [7, 11) is 1.45. The third-order valence-electron chi connectivity index (χ3n) is 2.71. The molecule has 3 aromatic rings. The third kappa shape index (κ3) is 3.44. The van der Waals surface area contributed by atoms with Gasteiger partial charge >= 0.3 is 6.18 Å². The molecule has 3 aromatic heterocycles. The minimum atomic E-state index is -4.36. The maximum atomic E-state index is 12.3. The molecule has 0 aromatic carbocycles. The Balaban J connectivity index is 1.81. The average Bonchev–Trinajstić information content (AvgIpc) is 3.14. The van der Waals surface area contributed by atoms with E-state index in [2.05, 4.69) is 25.4 Å². The van der Waals surface area contributed by atoms with E-state index in [0.717, 1.165) is 4.68 Å². The van der Waals surface area contributed by atoms with Crippen LogP contribution >= 0.6 is 0 Å². The van der Waals surface area contributed by atoms with Crippen LogP contribution < -0.4 is 4.74 Å². The van der Waals surface area contributed by atoms with E-state index in [9.17, 15) is 13.2 Å². The fourth-order valence-electron chi connectivity index (χ4n) is 1.73. The molecule has 0 saturated carbocycles. The van der Waals surface area contributed by atoms with Crippen LogP contribution in [0.4, 0.5) is 13.2 Å². The van der Waals surface area contributed by atoms with E-state index in [-0.39, 0.29) is 17.4 Å². The van der Waals surface area contributed by atoms with Gasteiger partial charge in [-0.25, -0.2) is 0 Å². The van der Waals surface area contributed by atoms with Crippen molar-refractivity contribution in [2.75, 3.05) is 7.11 Å². The standard InChI is InChI=1S/C12H9F3N6O2/c1-22-9-3-2-7(17-18-9)10-16-11(23-20-10)8-4-5-21(19-8)6-12(13,14)15/h2-5H,6H2,1H3. The highest BCUT2D eigenvalue weighted by Crippen LogP contribution is 2.22. The molecule has 0 aliphatic heterocycles. The minimum absolute atomic E-state index is 0.0152. The van der Waals surface area contributed by atoms with Crippen LogP contribution in [-0.4, -0.2) is 43.4 Å². The molecule has 23 heavy (non-hydrogen) atoms. The highest BCUT2D eigenvalue weighted by molar-refractivity contribution is 5.53. The second-order valence-corrected chi connectivity index (χ2v) is 4.40. The molecule has 0 N–H and O–H groups in total. The normalized spacial score (nSPS) is 11.7. The number of nitrogens with zero attached hydrogens (tertiary/aromatic N) is 6. The molecule has 0 bridgehead atoms. The summed E-state index contributed by atoms with van der Waals surface area (Å²) in [5.74, 6) is 0.447. The molecule has 0 radical (unpaired) electrons. The number of methoxy groups -OCH3 is 1. The van der Waals surface area contributed by atoms with E-state index >= 15 is 0 Å². The quantitative estimate of drug-likeness (QED) is 0.723. The second kappa shape index (κ2) is 5.66. The van der Waals surface area contributed by atoms with Gasteiger partial charge in [0.1, 0.15) is 12.2 Å². The molecular weight excluding hydrogens is 317 g/mol. The zero-order valence-corrected chi connectivity index (χ0v) is 11.7. The van der Waals surface area contributed by atoms with Crippen molar-refractivity contribution in [3.05, 3.63) is 24.4 Å². The first-order chi connectivity index (χ1) is 10.9. The number of hydrogen-bond donors (Lipinski definition) is 0. The highest BCUT2D eigenvalue weighted by Gasteiger charge is 2.28. The van der Waals surface area contributed by atoms with E-state index in [0.29, 0.717) is 11.6 Å². The van der Waals surface area contributed by atoms with Gasteiger partial charge in [-0.2, -0.15) is 23.3 Å². The SMILES string of the molecule is COc1ccc(-c2noc(-c3ccn(CC(F)(F)F)n3)n2)nn1. The van der Waals surface area contributed by atoms with Gasteiger partial charge in [-0.3, -0.25) is 4.68 Å². The van der Waals surface area contributed by atoms with Crippen molar-refractivity contribution in [3.8, 4) is 29.0 Å². The molecule has 0 aliphatic rings. The van der Waals surface area contributed by atoms with Crippen LogP contribution in [0.5, 0.6) is 5.88 Å². The van der Waals surface area contributed by atoms with Crippen LogP contribution in [0.3, 0.4) is 0 Å². The molecular formula is C12H9F3N6O2. The molecule has 8 nitrogen and oxygen atoms in total. The summed E-state index contributed by atoms with van der Waals surface area (Å²) >= 11 is 0. The predicted octanol–water partition coefficient (Wildman–Crippen LogP) is 1.96. The van der Waals surface area contributed by atoms with Gasteiger partial charge in [0.2, 0.25) is 11.7 Å². The Bertz CT molecular complexity index is 796. The van der Waals surface area contributed by atoms with Crippen molar-refractivity contribution in [2.45, 2.75) is 12.7 Å². The zero-order chi connectivity index (χ0) is 16.4. The molecule has 0 unspecified atom stereocenters. The maximum Gasteiger partial charge on any atom is 0.408 e. The Hall–Kier alpha value is -2.98.